The number of piperidine rings is 1. The molecule has 6 nitrogen and oxygen atoms in total. The maximum absolute atomic E-state index is 13.6. The molecule has 0 bridgehead atoms. The molecule has 3 aliphatic heterocycles. The van der Waals surface area contributed by atoms with Crippen molar-refractivity contribution >= 4 is 11.8 Å². The van der Waals surface area contributed by atoms with E-state index in [0.717, 1.165) is 57.3 Å². The largest absolute Gasteiger partial charge is 0.381 e. The second-order valence-corrected chi connectivity index (χ2v) is 8.20. The first-order valence-electron chi connectivity index (χ1n) is 10.2. The minimum Gasteiger partial charge on any atom is -0.381 e. The van der Waals surface area contributed by atoms with E-state index in [4.69, 9.17) is 4.74 Å². The zero-order valence-electron chi connectivity index (χ0n) is 16.2. The molecule has 6 heteroatoms. The number of rotatable bonds is 2. The Bertz CT molecular complexity index is 703. The van der Waals surface area contributed by atoms with Crippen LogP contribution in [-0.2, 0) is 9.53 Å². The van der Waals surface area contributed by atoms with Crippen molar-refractivity contribution in [2.45, 2.75) is 51.5 Å². The molecule has 27 heavy (non-hydrogen) atoms. The van der Waals surface area contributed by atoms with E-state index >= 15 is 0 Å². The molecule has 3 saturated heterocycles. The monoisotopic (exact) mass is 371 g/mol. The van der Waals surface area contributed by atoms with E-state index in [2.05, 4.69) is 4.98 Å². The Morgan fingerprint density at radius 2 is 1.85 bits per heavy atom. The normalized spacial score (nSPS) is 25.0. The lowest BCUT2D eigenvalue weighted by Gasteiger charge is -2.51. The Balaban J connectivity index is 1.69. The van der Waals surface area contributed by atoms with Crippen LogP contribution in [0.3, 0.4) is 0 Å². The highest BCUT2D eigenvalue weighted by molar-refractivity contribution is 5.98. The molecule has 3 fully saturated rings. The zero-order chi connectivity index (χ0) is 18.9. The molecule has 0 aromatic carbocycles. The van der Waals surface area contributed by atoms with Crippen LogP contribution >= 0.6 is 0 Å². The summed E-state index contributed by atoms with van der Waals surface area (Å²) in [6.45, 7) is 5.53. The summed E-state index contributed by atoms with van der Waals surface area (Å²) in [5, 5.41) is 0. The van der Waals surface area contributed by atoms with Crippen molar-refractivity contribution < 1.29 is 14.3 Å². The lowest BCUT2D eigenvalue weighted by atomic mass is 9.67. The Hall–Kier alpha value is -1.95. The standard InChI is InChI=1S/C21H29N3O3/c1-16-15-17(5-9-22-16)19(25)24-12-4-6-21(7-13-27-14-8-21)18(24)20(26)23-10-2-3-11-23/h5,9,15,18H,2-4,6-8,10-14H2,1H3. The highest BCUT2D eigenvalue weighted by Gasteiger charge is 2.51. The predicted octanol–water partition coefficient (Wildman–Crippen LogP) is 2.41. The Labute approximate surface area is 160 Å². The third-order valence-corrected chi connectivity index (χ3v) is 6.51. The van der Waals surface area contributed by atoms with Gasteiger partial charge in [-0.2, -0.15) is 0 Å². The highest BCUT2D eigenvalue weighted by atomic mass is 16.5. The minimum absolute atomic E-state index is 0.0383. The van der Waals surface area contributed by atoms with Gasteiger partial charge in [0.05, 0.1) is 0 Å². The van der Waals surface area contributed by atoms with E-state index in [-0.39, 0.29) is 23.3 Å². The summed E-state index contributed by atoms with van der Waals surface area (Å²) < 4.78 is 5.61. The smallest absolute Gasteiger partial charge is 0.254 e. The third-order valence-electron chi connectivity index (χ3n) is 6.51. The number of aryl methyl sites for hydroxylation is 1. The van der Waals surface area contributed by atoms with Gasteiger partial charge in [-0.05, 0) is 57.6 Å². The summed E-state index contributed by atoms with van der Waals surface area (Å²) in [5.74, 6) is 0.108. The first-order chi connectivity index (χ1) is 13.1. The Morgan fingerprint density at radius 1 is 1.11 bits per heavy atom. The number of pyridine rings is 1. The third kappa shape index (κ3) is 3.47. The summed E-state index contributed by atoms with van der Waals surface area (Å²) in [6, 6.07) is 3.22. The fourth-order valence-corrected chi connectivity index (χ4v) is 5.07. The lowest BCUT2D eigenvalue weighted by molar-refractivity contribution is -0.147. The van der Waals surface area contributed by atoms with Gasteiger partial charge < -0.3 is 14.5 Å². The van der Waals surface area contributed by atoms with Crippen LogP contribution < -0.4 is 0 Å². The molecule has 1 aromatic rings. The van der Waals surface area contributed by atoms with Gasteiger partial charge in [-0.25, -0.2) is 0 Å². The maximum atomic E-state index is 13.6. The summed E-state index contributed by atoms with van der Waals surface area (Å²) in [5.41, 5.74) is 1.31. The fraction of sp³-hybridized carbons (Fsp3) is 0.667. The van der Waals surface area contributed by atoms with Crippen LogP contribution in [0.4, 0.5) is 0 Å². The summed E-state index contributed by atoms with van der Waals surface area (Å²) in [4.78, 5) is 35.0. The number of carbonyl (C=O) groups excluding carboxylic acids is 2. The first-order valence-corrected chi connectivity index (χ1v) is 10.2. The van der Waals surface area contributed by atoms with Gasteiger partial charge in [0, 0.05) is 55.7 Å². The van der Waals surface area contributed by atoms with Crippen LogP contribution in [0.25, 0.3) is 0 Å². The predicted molar refractivity (Wildman–Crippen MR) is 101 cm³/mol. The number of hydrogen-bond donors (Lipinski definition) is 0. The maximum Gasteiger partial charge on any atom is 0.254 e. The van der Waals surface area contributed by atoms with Gasteiger partial charge in [0.15, 0.2) is 0 Å². The van der Waals surface area contributed by atoms with Crippen molar-refractivity contribution in [3.63, 3.8) is 0 Å². The van der Waals surface area contributed by atoms with Gasteiger partial charge in [-0.15, -0.1) is 0 Å². The summed E-state index contributed by atoms with van der Waals surface area (Å²) in [6.07, 6.45) is 7.46. The van der Waals surface area contributed by atoms with E-state index < -0.39 is 0 Å². The molecule has 1 atom stereocenters. The van der Waals surface area contributed by atoms with E-state index in [0.29, 0.717) is 25.3 Å². The van der Waals surface area contributed by atoms with Crippen LogP contribution in [0, 0.1) is 12.3 Å². The van der Waals surface area contributed by atoms with Crippen LogP contribution in [0.5, 0.6) is 0 Å². The molecule has 0 aliphatic carbocycles. The van der Waals surface area contributed by atoms with E-state index in [1.807, 2.05) is 22.8 Å². The second-order valence-electron chi connectivity index (χ2n) is 8.20. The van der Waals surface area contributed by atoms with Gasteiger partial charge >= 0.3 is 0 Å². The molecule has 4 rings (SSSR count). The van der Waals surface area contributed by atoms with Crippen molar-refractivity contribution in [3.05, 3.63) is 29.6 Å². The second kappa shape index (κ2) is 7.58. The lowest BCUT2D eigenvalue weighted by Crippen LogP contribution is -2.62. The van der Waals surface area contributed by atoms with Crippen LogP contribution in [-0.4, -0.2) is 65.5 Å². The molecular weight excluding hydrogens is 342 g/mol. The SMILES string of the molecule is Cc1cc(C(=O)N2CCCC3(CCOCC3)C2C(=O)N2CCCC2)ccn1. The number of nitrogens with zero attached hydrogens (tertiary/aromatic N) is 3. The van der Waals surface area contributed by atoms with E-state index in [9.17, 15) is 9.59 Å². The minimum atomic E-state index is -0.366. The van der Waals surface area contributed by atoms with Crippen molar-refractivity contribution in [1.29, 1.82) is 0 Å². The number of carbonyl (C=O) groups is 2. The average Bonchev–Trinajstić information content (AvgIpc) is 3.22. The number of likely N-dealkylation sites (tertiary alicyclic amines) is 2. The molecule has 146 valence electrons. The first kappa shape index (κ1) is 18.4. The number of aromatic nitrogens is 1. The van der Waals surface area contributed by atoms with Gasteiger partial charge in [-0.1, -0.05) is 0 Å². The van der Waals surface area contributed by atoms with Crippen LogP contribution in [0.2, 0.25) is 0 Å². The molecule has 0 radical (unpaired) electrons. The average molecular weight is 371 g/mol. The fourth-order valence-electron chi connectivity index (χ4n) is 5.07. The number of amides is 2. The summed E-state index contributed by atoms with van der Waals surface area (Å²) in [7, 11) is 0. The molecule has 0 saturated carbocycles. The molecule has 0 N–H and O–H groups in total. The van der Waals surface area contributed by atoms with Gasteiger partial charge in [-0.3, -0.25) is 14.6 Å². The topological polar surface area (TPSA) is 62.7 Å². The van der Waals surface area contributed by atoms with E-state index in [1.165, 1.54) is 0 Å². The Kier molecular flexibility index (Phi) is 5.17. The highest BCUT2D eigenvalue weighted by Crippen LogP contribution is 2.45. The molecule has 4 heterocycles. The van der Waals surface area contributed by atoms with Gasteiger partial charge in [0.2, 0.25) is 5.91 Å². The van der Waals surface area contributed by atoms with Gasteiger partial charge in [0.1, 0.15) is 6.04 Å². The van der Waals surface area contributed by atoms with Crippen molar-refractivity contribution in [2.75, 3.05) is 32.8 Å². The molecule has 3 aliphatic rings. The van der Waals surface area contributed by atoms with E-state index in [1.54, 1.807) is 12.3 Å². The number of ether oxygens (including phenoxy) is 1. The van der Waals surface area contributed by atoms with Crippen LogP contribution in [0.15, 0.2) is 18.3 Å². The zero-order valence-corrected chi connectivity index (χ0v) is 16.2. The Morgan fingerprint density at radius 3 is 2.56 bits per heavy atom. The van der Waals surface area contributed by atoms with Crippen LogP contribution in [0.1, 0.15) is 54.6 Å². The molecular formula is C21H29N3O3. The quantitative estimate of drug-likeness (QED) is 0.801. The molecule has 1 unspecified atom stereocenters. The molecule has 1 aromatic heterocycles. The summed E-state index contributed by atoms with van der Waals surface area (Å²) >= 11 is 0. The van der Waals surface area contributed by atoms with Gasteiger partial charge in [0.25, 0.3) is 5.91 Å². The van der Waals surface area contributed by atoms with Crippen molar-refractivity contribution in [1.82, 2.24) is 14.8 Å². The van der Waals surface area contributed by atoms with Crippen molar-refractivity contribution in [3.8, 4) is 0 Å². The van der Waals surface area contributed by atoms with Crippen molar-refractivity contribution in [2.24, 2.45) is 5.41 Å². The number of hydrogen-bond acceptors (Lipinski definition) is 4. The molecule has 2 amide bonds. The molecule has 1 spiro atoms.